The first-order chi connectivity index (χ1) is 10.1. The third kappa shape index (κ3) is 4.43. The molecular weight excluding hydrogens is 294 g/mol. The average molecular weight is 315 g/mol. The Bertz CT molecular complexity index is 490. The van der Waals surface area contributed by atoms with Crippen molar-refractivity contribution in [2.45, 2.75) is 51.1 Å². The Labute approximate surface area is 127 Å². The first kappa shape index (κ1) is 17.9. The molecule has 1 aliphatic heterocycles. The van der Waals surface area contributed by atoms with Gasteiger partial charge in [0.15, 0.2) is 12.2 Å². The number of nitrogens with two attached hydrogens (primary N) is 1. The number of aliphatic hydroxyl groups excluding tert-OH is 1. The molecule has 0 aromatic rings. The Hall–Kier alpha value is -2.13. The van der Waals surface area contributed by atoms with Gasteiger partial charge < -0.3 is 31.3 Å². The number of nitrogens with one attached hydrogen (secondary N) is 2. The first-order valence-electron chi connectivity index (χ1n) is 6.76. The molecule has 6 N–H and O–H groups in total. The van der Waals surface area contributed by atoms with Crippen molar-refractivity contribution in [3.63, 3.8) is 0 Å². The van der Waals surface area contributed by atoms with Crippen LogP contribution in [0.2, 0.25) is 0 Å². The SMILES string of the molecule is CC(=O)N[C@H]1[C@H]([C@H](O)C(=O)NC(C)C)OC(C(=O)O)=C[C@@H]1N. The summed E-state index contributed by atoms with van der Waals surface area (Å²) >= 11 is 0. The fraction of sp³-hybridized carbons (Fsp3) is 0.615. The molecule has 1 aliphatic rings. The zero-order chi connectivity index (χ0) is 17.0. The average Bonchev–Trinajstić information content (AvgIpc) is 2.38. The number of rotatable bonds is 5. The minimum absolute atomic E-state index is 0.229. The summed E-state index contributed by atoms with van der Waals surface area (Å²) in [5.41, 5.74) is 5.81. The van der Waals surface area contributed by atoms with Gasteiger partial charge in [-0.25, -0.2) is 4.79 Å². The fourth-order valence-electron chi connectivity index (χ4n) is 2.07. The second kappa shape index (κ2) is 7.23. The zero-order valence-electron chi connectivity index (χ0n) is 12.6. The lowest BCUT2D eigenvalue weighted by molar-refractivity contribution is -0.148. The maximum absolute atomic E-state index is 11.9. The molecule has 0 radical (unpaired) electrons. The van der Waals surface area contributed by atoms with E-state index in [2.05, 4.69) is 10.6 Å². The van der Waals surface area contributed by atoms with Crippen LogP contribution < -0.4 is 16.4 Å². The summed E-state index contributed by atoms with van der Waals surface area (Å²) in [6.07, 6.45) is -1.88. The number of carbonyl (C=O) groups excluding carboxylic acids is 2. The fourth-order valence-corrected chi connectivity index (χ4v) is 2.07. The van der Waals surface area contributed by atoms with E-state index in [4.69, 9.17) is 15.6 Å². The zero-order valence-corrected chi connectivity index (χ0v) is 12.6. The van der Waals surface area contributed by atoms with Crippen LogP contribution in [-0.2, 0) is 19.1 Å². The molecule has 0 aliphatic carbocycles. The highest BCUT2D eigenvalue weighted by atomic mass is 16.5. The number of aliphatic carboxylic acids is 1. The molecule has 4 atom stereocenters. The molecular formula is C13H21N3O6. The quantitative estimate of drug-likeness (QED) is 0.396. The summed E-state index contributed by atoms with van der Waals surface area (Å²) in [5, 5.41) is 24.1. The molecule has 0 spiro atoms. The Morgan fingerprint density at radius 2 is 1.95 bits per heavy atom. The highest BCUT2D eigenvalue weighted by molar-refractivity contribution is 5.86. The third-order valence-electron chi connectivity index (χ3n) is 2.97. The van der Waals surface area contributed by atoms with E-state index in [-0.39, 0.29) is 6.04 Å². The lowest BCUT2D eigenvalue weighted by Gasteiger charge is -2.37. The molecule has 22 heavy (non-hydrogen) atoms. The molecule has 2 amide bonds. The highest BCUT2D eigenvalue weighted by Crippen LogP contribution is 2.20. The van der Waals surface area contributed by atoms with Crippen LogP contribution in [0.25, 0.3) is 0 Å². The highest BCUT2D eigenvalue weighted by Gasteiger charge is 2.42. The molecule has 0 aromatic carbocycles. The van der Waals surface area contributed by atoms with Crippen LogP contribution >= 0.6 is 0 Å². The number of carboxylic acids is 1. The number of ether oxygens (including phenoxy) is 1. The number of hydrogen-bond acceptors (Lipinski definition) is 6. The summed E-state index contributed by atoms with van der Waals surface area (Å²) < 4.78 is 5.15. The molecule has 0 saturated heterocycles. The van der Waals surface area contributed by atoms with Gasteiger partial charge in [-0.2, -0.15) is 0 Å². The number of amides is 2. The molecule has 9 nitrogen and oxygen atoms in total. The van der Waals surface area contributed by atoms with Crippen molar-refractivity contribution in [2.75, 3.05) is 0 Å². The summed E-state index contributed by atoms with van der Waals surface area (Å²) in [4.78, 5) is 34.2. The minimum atomic E-state index is -1.69. The second-order valence-corrected chi connectivity index (χ2v) is 5.33. The van der Waals surface area contributed by atoms with Crippen LogP contribution in [0.5, 0.6) is 0 Å². The predicted octanol–water partition coefficient (Wildman–Crippen LogP) is -1.93. The van der Waals surface area contributed by atoms with Crippen molar-refractivity contribution in [2.24, 2.45) is 5.73 Å². The maximum Gasteiger partial charge on any atom is 0.370 e. The van der Waals surface area contributed by atoms with Crippen molar-refractivity contribution in [1.29, 1.82) is 0 Å². The van der Waals surface area contributed by atoms with E-state index < -0.39 is 47.8 Å². The van der Waals surface area contributed by atoms with E-state index in [0.717, 1.165) is 6.08 Å². The van der Waals surface area contributed by atoms with E-state index in [0.29, 0.717) is 0 Å². The van der Waals surface area contributed by atoms with Crippen LogP contribution in [0, 0.1) is 0 Å². The third-order valence-corrected chi connectivity index (χ3v) is 2.97. The number of carbonyl (C=O) groups is 3. The van der Waals surface area contributed by atoms with E-state index in [1.807, 2.05) is 0 Å². The number of aliphatic hydroxyl groups is 1. The lowest BCUT2D eigenvalue weighted by atomic mass is 9.94. The number of hydrogen-bond donors (Lipinski definition) is 5. The van der Waals surface area contributed by atoms with Gasteiger partial charge in [0.05, 0.1) is 12.1 Å². The van der Waals surface area contributed by atoms with Crippen LogP contribution in [0.4, 0.5) is 0 Å². The second-order valence-electron chi connectivity index (χ2n) is 5.33. The molecule has 0 saturated carbocycles. The van der Waals surface area contributed by atoms with E-state index >= 15 is 0 Å². The molecule has 0 unspecified atom stereocenters. The normalized spacial score (nSPS) is 25.7. The standard InChI is InChI=1S/C13H21N3O6/c1-5(2)15-12(19)10(18)11-9(16-6(3)17)7(14)4-8(22-11)13(20)21/h4-5,7,9-11,18H,14H2,1-3H3,(H,15,19)(H,16,17)(H,20,21)/t7-,9+,10-,11+/m0/s1. The van der Waals surface area contributed by atoms with Gasteiger partial charge in [-0.1, -0.05) is 0 Å². The van der Waals surface area contributed by atoms with Crippen molar-refractivity contribution in [3.05, 3.63) is 11.8 Å². The van der Waals surface area contributed by atoms with Crippen molar-refractivity contribution >= 4 is 17.8 Å². The van der Waals surface area contributed by atoms with Gasteiger partial charge in [-0.05, 0) is 19.9 Å². The lowest BCUT2D eigenvalue weighted by Crippen LogP contribution is -2.62. The van der Waals surface area contributed by atoms with Gasteiger partial charge in [0.1, 0.15) is 0 Å². The van der Waals surface area contributed by atoms with Gasteiger partial charge in [0.2, 0.25) is 11.7 Å². The minimum Gasteiger partial charge on any atom is -0.478 e. The molecule has 0 aromatic heterocycles. The van der Waals surface area contributed by atoms with E-state index in [1.165, 1.54) is 6.92 Å². The van der Waals surface area contributed by atoms with Crippen LogP contribution in [-0.4, -0.2) is 58.3 Å². The Morgan fingerprint density at radius 1 is 1.36 bits per heavy atom. The van der Waals surface area contributed by atoms with E-state index in [9.17, 15) is 19.5 Å². The van der Waals surface area contributed by atoms with Crippen molar-refractivity contribution in [3.8, 4) is 0 Å². The molecule has 0 fully saturated rings. The topological polar surface area (TPSA) is 151 Å². The van der Waals surface area contributed by atoms with Crippen molar-refractivity contribution in [1.82, 2.24) is 10.6 Å². The largest absolute Gasteiger partial charge is 0.478 e. The van der Waals surface area contributed by atoms with Gasteiger partial charge >= 0.3 is 5.97 Å². The Morgan fingerprint density at radius 3 is 2.41 bits per heavy atom. The number of carboxylic acid groups (broad SMARTS) is 1. The van der Waals surface area contributed by atoms with Gasteiger partial charge in [-0.3, -0.25) is 9.59 Å². The van der Waals surface area contributed by atoms with Crippen LogP contribution in [0.1, 0.15) is 20.8 Å². The van der Waals surface area contributed by atoms with Gasteiger partial charge in [0, 0.05) is 13.0 Å². The summed E-state index contributed by atoms with van der Waals surface area (Å²) in [5.74, 6) is -3.04. The van der Waals surface area contributed by atoms with Gasteiger partial charge in [0.25, 0.3) is 5.91 Å². The molecule has 124 valence electrons. The summed E-state index contributed by atoms with van der Waals surface area (Å²) in [6, 6.07) is -2.09. The molecule has 1 heterocycles. The van der Waals surface area contributed by atoms with E-state index in [1.54, 1.807) is 13.8 Å². The first-order valence-corrected chi connectivity index (χ1v) is 6.76. The maximum atomic E-state index is 11.9. The Balaban J connectivity index is 3.03. The molecule has 9 heteroatoms. The van der Waals surface area contributed by atoms with Crippen LogP contribution in [0.3, 0.4) is 0 Å². The smallest absolute Gasteiger partial charge is 0.370 e. The predicted molar refractivity (Wildman–Crippen MR) is 75.5 cm³/mol. The molecule has 1 rings (SSSR count). The summed E-state index contributed by atoms with van der Waals surface area (Å²) in [7, 11) is 0. The Kier molecular flexibility index (Phi) is 5.89. The van der Waals surface area contributed by atoms with Crippen molar-refractivity contribution < 1.29 is 29.3 Å². The van der Waals surface area contributed by atoms with Crippen LogP contribution in [0.15, 0.2) is 11.8 Å². The molecule has 0 bridgehead atoms. The summed E-state index contributed by atoms with van der Waals surface area (Å²) in [6.45, 7) is 4.64. The van der Waals surface area contributed by atoms with Gasteiger partial charge in [-0.15, -0.1) is 0 Å². The monoisotopic (exact) mass is 315 g/mol.